The number of nitrogens with zero attached hydrogens (tertiary/aromatic N) is 1. The Labute approximate surface area is 149 Å². The molecule has 0 aliphatic carbocycles. The second kappa shape index (κ2) is 9.76. The molecule has 1 aliphatic rings. The second-order valence-corrected chi connectivity index (χ2v) is 6.12. The maximum atomic E-state index is 11.7. The summed E-state index contributed by atoms with van der Waals surface area (Å²) in [5, 5.41) is 9.20. The van der Waals surface area contributed by atoms with Gasteiger partial charge in [-0.1, -0.05) is 12.1 Å². The molecule has 1 atom stereocenters. The van der Waals surface area contributed by atoms with Gasteiger partial charge in [-0.05, 0) is 32.9 Å². The standard InChI is InChI=1S/C18H28N4O3/c1-4-19-18(20-10-9-17(23)22-13(2)3)21-11-14-12-24-15-7-5-6-8-16(15)25-14/h5-8,13-14H,4,9-12H2,1-3H3,(H,22,23)(H2,19,20,21). The highest BCUT2D eigenvalue weighted by atomic mass is 16.6. The smallest absolute Gasteiger partial charge is 0.221 e. The summed E-state index contributed by atoms with van der Waals surface area (Å²) in [4.78, 5) is 16.2. The van der Waals surface area contributed by atoms with Gasteiger partial charge in [-0.15, -0.1) is 0 Å². The van der Waals surface area contributed by atoms with Gasteiger partial charge in [0.05, 0.1) is 6.54 Å². The van der Waals surface area contributed by atoms with Crippen molar-refractivity contribution in [3.05, 3.63) is 24.3 Å². The number of carbonyl (C=O) groups excluding carboxylic acids is 1. The lowest BCUT2D eigenvalue weighted by atomic mass is 10.2. The highest BCUT2D eigenvalue weighted by molar-refractivity contribution is 5.81. The van der Waals surface area contributed by atoms with Crippen molar-refractivity contribution in [2.75, 3.05) is 26.2 Å². The fraction of sp³-hybridized carbons (Fsp3) is 0.556. The normalized spacial score (nSPS) is 16.5. The Morgan fingerprint density at radius 2 is 2.04 bits per heavy atom. The van der Waals surface area contributed by atoms with Crippen LogP contribution in [0.2, 0.25) is 0 Å². The second-order valence-electron chi connectivity index (χ2n) is 6.12. The zero-order valence-electron chi connectivity index (χ0n) is 15.2. The lowest BCUT2D eigenvalue weighted by Gasteiger charge is -2.25. The van der Waals surface area contributed by atoms with Crippen LogP contribution in [-0.4, -0.2) is 50.3 Å². The van der Waals surface area contributed by atoms with Gasteiger partial charge in [0, 0.05) is 25.6 Å². The number of aliphatic imine (C=N–C) groups is 1. The number of hydrogen-bond donors (Lipinski definition) is 3. The molecule has 0 saturated heterocycles. The van der Waals surface area contributed by atoms with Gasteiger partial charge in [-0.3, -0.25) is 4.79 Å². The van der Waals surface area contributed by atoms with Gasteiger partial charge < -0.3 is 25.4 Å². The number of rotatable bonds is 7. The first-order valence-electron chi connectivity index (χ1n) is 8.78. The molecular formula is C18H28N4O3. The number of hydrogen-bond acceptors (Lipinski definition) is 4. The van der Waals surface area contributed by atoms with Crippen LogP contribution in [0.5, 0.6) is 11.5 Å². The molecule has 0 radical (unpaired) electrons. The molecule has 0 aromatic heterocycles. The number of ether oxygens (including phenoxy) is 2. The van der Waals surface area contributed by atoms with Crippen molar-refractivity contribution in [3.8, 4) is 11.5 Å². The molecule has 7 heteroatoms. The summed E-state index contributed by atoms with van der Waals surface area (Å²) >= 11 is 0. The van der Waals surface area contributed by atoms with E-state index in [9.17, 15) is 4.79 Å². The zero-order valence-corrected chi connectivity index (χ0v) is 15.2. The molecule has 3 N–H and O–H groups in total. The van der Waals surface area contributed by atoms with Gasteiger partial charge >= 0.3 is 0 Å². The molecule has 0 fully saturated rings. The van der Waals surface area contributed by atoms with Gasteiger partial charge in [-0.2, -0.15) is 0 Å². The summed E-state index contributed by atoms with van der Waals surface area (Å²) in [6, 6.07) is 7.77. The third-order valence-electron chi connectivity index (χ3n) is 3.46. The van der Waals surface area contributed by atoms with Crippen LogP contribution >= 0.6 is 0 Å². The van der Waals surface area contributed by atoms with E-state index >= 15 is 0 Å². The van der Waals surface area contributed by atoms with Crippen LogP contribution in [0.3, 0.4) is 0 Å². The summed E-state index contributed by atoms with van der Waals surface area (Å²) in [6.45, 7) is 8.10. The van der Waals surface area contributed by atoms with E-state index in [4.69, 9.17) is 9.47 Å². The highest BCUT2D eigenvalue weighted by Gasteiger charge is 2.20. The summed E-state index contributed by atoms with van der Waals surface area (Å²) in [5.41, 5.74) is 0. The molecular weight excluding hydrogens is 320 g/mol. The van der Waals surface area contributed by atoms with Crippen molar-refractivity contribution in [2.24, 2.45) is 4.99 Å². The molecule has 7 nitrogen and oxygen atoms in total. The maximum Gasteiger partial charge on any atom is 0.221 e. The summed E-state index contributed by atoms with van der Waals surface area (Å²) in [5.74, 6) is 2.21. The molecule has 0 saturated carbocycles. The Bertz CT molecular complexity index is 589. The van der Waals surface area contributed by atoms with Crippen molar-refractivity contribution in [2.45, 2.75) is 39.3 Å². The number of amides is 1. The van der Waals surface area contributed by atoms with Crippen molar-refractivity contribution < 1.29 is 14.3 Å². The summed E-state index contributed by atoms with van der Waals surface area (Å²) < 4.78 is 11.6. The number of nitrogens with one attached hydrogen (secondary N) is 3. The third kappa shape index (κ3) is 6.52. The van der Waals surface area contributed by atoms with E-state index in [-0.39, 0.29) is 18.1 Å². The predicted molar refractivity (Wildman–Crippen MR) is 98.2 cm³/mol. The van der Waals surface area contributed by atoms with E-state index in [0.29, 0.717) is 32.1 Å². The average molecular weight is 348 g/mol. The Morgan fingerprint density at radius 3 is 2.76 bits per heavy atom. The van der Waals surface area contributed by atoms with Gasteiger partial charge in [-0.25, -0.2) is 4.99 Å². The molecule has 1 heterocycles. The summed E-state index contributed by atoms with van der Waals surface area (Å²) in [6.07, 6.45) is 0.272. The van der Waals surface area contributed by atoms with Crippen molar-refractivity contribution >= 4 is 11.9 Å². The van der Waals surface area contributed by atoms with Crippen LogP contribution in [0.4, 0.5) is 0 Å². The molecule has 2 rings (SSSR count). The number of fused-ring (bicyclic) bond motifs is 1. The minimum Gasteiger partial charge on any atom is -0.486 e. The molecule has 0 spiro atoms. The fourth-order valence-electron chi connectivity index (χ4n) is 2.38. The van der Waals surface area contributed by atoms with Crippen molar-refractivity contribution in [1.29, 1.82) is 0 Å². The largest absolute Gasteiger partial charge is 0.486 e. The van der Waals surface area contributed by atoms with E-state index in [1.54, 1.807) is 0 Å². The Balaban J connectivity index is 1.80. The molecule has 138 valence electrons. The third-order valence-corrected chi connectivity index (χ3v) is 3.46. The first-order valence-corrected chi connectivity index (χ1v) is 8.78. The van der Waals surface area contributed by atoms with Crippen LogP contribution in [0.15, 0.2) is 29.3 Å². The Hall–Kier alpha value is -2.44. The number of para-hydroxylation sites is 2. The Kier molecular flexibility index (Phi) is 7.37. The predicted octanol–water partition coefficient (Wildman–Crippen LogP) is 1.30. The Morgan fingerprint density at radius 1 is 1.28 bits per heavy atom. The number of carbonyl (C=O) groups is 1. The van der Waals surface area contributed by atoms with Crippen LogP contribution in [-0.2, 0) is 4.79 Å². The minimum atomic E-state index is -0.130. The maximum absolute atomic E-state index is 11.7. The van der Waals surface area contributed by atoms with Crippen LogP contribution in [0.25, 0.3) is 0 Å². The van der Waals surface area contributed by atoms with Gasteiger partial charge in [0.1, 0.15) is 6.61 Å². The van der Waals surface area contributed by atoms with Crippen LogP contribution in [0, 0.1) is 0 Å². The van der Waals surface area contributed by atoms with E-state index in [1.807, 2.05) is 45.0 Å². The van der Waals surface area contributed by atoms with Gasteiger partial charge in [0.15, 0.2) is 23.6 Å². The quantitative estimate of drug-likeness (QED) is 0.511. The lowest BCUT2D eigenvalue weighted by Crippen LogP contribution is -2.41. The van der Waals surface area contributed by atoms with Crippen LogP contribution < -0.4 is 25.4 Å². The van der Waals surface area contributed by atoms with E-state index in [2.05, 4.69) is 20.9 Å². The molecule has 1 aromatic carbocycles. The number of guanidine groups is 1. The van der Waals surface area contributed by atoms with Gasteiger partial charge in [0.2, 0.25) is 5.91 Å². The average Bonchev–Trinajstić information content (AvgIpc) is 2.59. The highest BCUT2D eigenvalue weighted by Crippen LogP contribution is 2.30. The molecule has 1 aliphatic heterocycles. The molecule has 0 bridgehead atoms. The zero-order chi connectivity index (χ0) is 18.1. The lowest BCUT2D eigenvalue weighted by molar-refractivity contribution is -0.121. The molecule has 1 amide bonds. The molecule has 1 aromatic rings. The van der Waals surface area contributed by atoms with Gasteiger partial charge in [0.25, 0.3) is 0 Å². The number of benzene rings is 1. The monoisotopic (exact) mass is 348 g/mol. The SMILES string of the molecule is CCNC(=NCC1COc2ccccc2O1)NCCC(=O)NC(C)C. The molecule has 25 heavy (non-hydrogen) atoms. The van der Waals surface area contributed by atoms with E-state index < -0.39 is 0 Å². The van der Waals surface area contributed by atoms with Crippen LogP contribution in [0.1, 0.15) is 27.2 Å². The molecule has 1 unspecified atom stereocenters. The van der Waals surface area contributed by atoms with Crippen molar-refractivity contribution in [1.82, 2.24) is 16.0 Å². The van der Waals surface area contributed by atoms with Crippen molar-refractivity contribution in [3.63, 3.8) is 0 Å². The minimum absolute atomic E-state index is 0.0268. The fourth-order valence-corrected chi connectivity index (χ4v) is 2.38. The topological polar surface area (TPSA) is 84.0 Å². The van der Waals surface area contributed by atoms with E-state index in [1.165, 1.54) is 0 Å². The summed E-state index contributed by atoms with van der Waals surface area (Å²) in [7, 11) is 0. The first-order chi connectivity index (χ1) is 12.1. The first kappa shape index (κ1) is 18.9. The van der Waals surface area contributed by atoms with E-state index in [0.717, 1.165) is 18.0 Å².